The molecule has 19 heteroatoms. The summed E-state index contributed by atoms with van der Waals surface area (Å²) in [5.74, 6) is 0. The Kier molecular flexibility index (Phi) is 12.1. The Morgan fingerprint density at radius 2 is 0.283 bits per heavy atom. The predicted octanol–water partition coefficient (Wildman–Crippen LogP) is 17.2. The predicted molar refractivity (Wildman–Crippen MR) is 276 cm³/mol. The second kappa shape index (κ2) is 12.4. The van der Waals surface area contributed by atoms with Crippen molar-refractivity contribution >= 4 is 132 Å². The highest BCUT2D eigenvalue weighted by Crippen LogP contribution is 3.17. The van der Waals surface area contributed by atoms with E-state index in [2.05, 4.69) is 177 Å². The van der Waals surface area contributed by atoms with Gasteiger partial charge in [0.15, 0.2) is 0 Å². The molecule has 46 heavy (non-hydrogen) atoms. The molecule has 0 spiro atoms. The fourth-order valence-electron chi connectivity index (χ4n) is 14.6. The molecule has 0 saturated heterocycles. The van der Waals surface area contributed by atoms with Crippen LogP contribution in [0.4, 0.5) is 0 Å². The Morgan fingerprint density at radius 1 is 0.174 bits per heavy atom. The molecule has 4 bridgehead atoms. The molecule has 0 nitrogen and oxygen atoms in total. The lowest BCUT2D eigenvalue weighted by Gasteiger charge is -2.60. The van der Waals surface area contributed by atoms with E-state index in [9.17, 15) is 0 Å². The molecular weight excluding hydrogens is 878 g/mol. The van der Waals surface area contributed by atoms with Gasteiger partial charge < -0.3 is 0 Å². The minimum Gasteiger partial charge on any atom is -0.0864 e. The van der Waals surface area contributed by atoms with Crippen molar-refractivity contribution in [3.63, 3.8) is 0 Å². The van der Waals surface area contributed by atoms with Crippen molar-refractivity contribution in [1.82, 2.24) is 0 Å². The van der Waals surface area contributed by atoms with Crippen LogP contribution < -0.4 is 0 Å². The molecule has 0 radical (unpaired) electrons. The molecule has 0 saturated carbocycles. The van der Waals surface area contributed by atoms with E-state index in [0.717, 1.165) is 0 Å². The third-order valence-electron chi connectivity index (χ3n) is 12.1. The standard InChI is InChI=1S/C27H81P7Si12/c1-35(2,3)44(36(4,5)6,37(7,8)9)32-28-29-30(28)34(46(41(19,20)21,42(22,23)24)43(25,26)27)31(32)33(29)45(38(10,11)12,39(13,14)15)40(16,17)18/h1-27H3. The highest BCUT2D eigenvalue weighted by Gasteiger charge is 2.73. The van der Waals surface area contributed by atoms with Crippen LogP contribution in [0.3, 0.4) is 0 Å². The SMILES string of the molecule is C[Si](C)(C)[Si](p1p2p([Si]([Si](C)(C)C)([Si](C)(C)C)[Si](C)(C)C)p3p1p3p2[Si]([Si](C)(C)C)([Si](C)(C)C)[Si](C)(C)C)([Si](C)(C)C)[Si](C)(C)C. The lowest BCUT2D eigenvalue weighted by Crippen LogP contribution is -2.80. The van der Waals surface area contributed by atoms with Crippen LogP contribution in [0.15, 0.2) is 0 Å². The molecule has 0 fully saturated rings. The van der Waals surface area contributed by atoms with Crippen LogP contribution in [0, 0.1) is 0 Å². The minimum absolute atomic E-state index is 0.414. The minimum atomic E-state index is -1.36. The van der Waals surface area contributed by atoms with Gasteiger partial charge in [0.1, 0.15) is 0 Å². The van der Waals surface area contributed by atoms with Crippen LogP contribution in [0.25, 0.3) is 0 Å². The van der Waals surface area contributed by atoms with E-state index in [0.29, 0.717) is 44.8 Å². The molecule has 0 aliphatic carbocycles. The van der Waals surface area contributed by atoms with E-state index in [1.807, 2.05) is 0 Å². The Bertz CT molecular complexity index is 1250. The van der Waals surface area contributed by atoms with Gasteiger partial charge in [0, 0.05) is 68.3 Å². The first kappa shape index (κ1) is 45.1. The van der Waals surface area contributed by atoms with E-state index >= 15 is 0 Å². The molecule has 3 unspecified atom stereocenters. The van der Waals surface area contributed by atoms with Gasteiger partial charge in [-0.3, -0.25) is 0 Å². The first-order chi connectivity index (χ1) is 19.6. The van der Waals surface area contributed by atoms with Gasteiger partial charge in [0.2, 0.25) is 0 Å². The quantitative estimate of drug-likeness (QED) is 0.159. The van der Waals surface area contributed by atoms with Gasteiger partial charge in [0.25, 0.3) is 0 Å². The van der Waals surface area contributed by atoms with Crippen LogP contribution in [0.2, 0.25) is 177 Å². The zero-order valence-electron chi connectivity index (χ0n) is 36.1. The molecular formula is C27H81P7Si12. The lowest BCUT2D eigenvalue weighted by atomic mass is 11.8. The van der Waals surface area contributed by atoms with Gasteiger partial charge in [-0.15, -0.1) is 0 Å². The molecule has 0 aliphatic heterocycles. The van der Waals surface area contributed by atoms with E-state index in [-0.39, 0.29) is 0 Å². The maximum absolute atomic E-state index is 3.05. The fourth-order valence-corrected chi connectivity index (χ4v) is 935. The lowest BCUT2D eigenvalue weighted by molar-refractivity contribution is 1.76. The molecule has 4 aromatic heterocycles. The Hall–Kier alpha value is 4.70. The topological polar surface area (TPSA) is 0 Å². The van der Waals surface area contributed by atoms with Gasteiger partial charge in [-0.1, -0.05) is 196 Å². The van der Waals surface area contributed by atoms with Crippen molar-refractivity contribution in [2.45, 2.75) is 177 Å². The monoisotopic (exact) mass is 958 g/mol. The Morgan fingerprint density at radius 3 is 0.370 bits per heavy atom. The summed E-state index contributed by atoms with van der Waals surface area (Å²) in [7, 11) is -11.6. The van der Waals surface area contributed by atoms with Crippen LogP contribution >= 0.6 is 44.8 Å². The molecule has 3 atom stereocenters. The van der Waals surface area contributed by atoms with Crippen LogP contribution in [0.5, 0.6) is 0 Å². The van der Waals surface area contributed by atoms with Gasteiger partial charge in [-0.05, 0) is 25.5 Å². The van der Waals surface area contributed by atoms with E-state index in [4.69, 9.17) is 0 Å². The highest BCUT2D eigenvalue weighted by atomic mass is 33.2. The second-order valence-corrected chi connectivity index (χ2v) is 211. The van der Waals surface area contributed by atoms with Crippen molar-refractivity contribution in [3.05, 3.63) is 0 Å². The van der Waals surface area contributed by atoms with Crippen molar-refractivity contribution in [2.75, 3.05) is 0 Å². The van der Waals surface area contributed by atoms with Crippen molar-refractivity contribution in [1.29, 1.82) is 0 Å². The first-order valence-electron chi connectivity index (χ1n) is 18.2. The van der Waals surface area contributed by atoms with Gasteiger partial charge >= 0.3 is 0 Å². The van der Waals surface area contributed by atoms with Crippen LogP contribution in [0.1, 0.15) is 0 Å². The van der Waals surface area contributed by atoms with Gasteiger partial charge in [-0.25, -0.2) is 0 Å². The summed E-state index contributed by atoms with van der Waals surface area (Å²) in [6.07, 6.45) is -0.740. The molecule has 4 heterocycles. The Labute approximate surface area is 305 Å². The summed E-state index contributed by atoms with van der Waals surface area (Å²) >= 11 is 0. The molecule has 0 N–H and O–H groups in total. The number of hydrogen-bond acceptors (Lipinski definition) is 0. The first-order valence-corrected chi connectivity index (χ1v) is 83.0. The average Bonchev–Trinajstić information content (AvgIpc) is 2.99. The largest absolute Gasteiger partial charge is 0.0974 e. The second-order valence-electron chi connectivity index (χ2n) is 24.3. The third kappa shape index (κ3) is 5.84. The fraction of sp³-hybridized carbons (Fsp3) is 1.00. The zero-order chi connectivity index (χ0) is 37.0. The smallest absolute Gasteiger partial charge is 0.0864 e. The van der Waals surface area contributed by atoms with Crippen LogP contribution in [-0.4, -0.2) is 87.2 Å². The Balaban J connectivity index is 3.03. The average molecular weight is 960 g/mol. The molecule has 272 valence electrons. The molecule has 4 aromatic rings. The summed E-state index contributed by atoms with van der Waals surface area (Å²) < 4.78 is 0. The summed E-state index contributed by atoms with van der Waals surface area (Å²) in [6, 6.07) is 0. The maximum Gasteiger partial charge on any atom is 0.0974 e. The normalized spacial score (nSPS) is 19.8. The van der Waals surface area contributed by atoms with Crippen molar-refractivity contribution in [3.8, 4) is 0 Å². The highest BCUT2D eigenvalue weighted by molar-refractivity contribution is 9.22. The van der Waals surface area contributed by atoms with Crippen molar-refractivity contribution < 1.29 is 0 Å². The van der Waals surface area contributed by atoms with E-state index in [1.54, 1.807) is 0 Å². The van der Waals surface area contributed by atoms with Crippen molar-refractivity contribution in [2.24, 2.45) is 0 Å². The summed E-state index contributed by atoms with van der Waals surface area (Å²) in [5.41, 5.74) is 0. The summed E-state index contributed by atoms with van der Waals surface area (Å²) in [6.45, 7) is 82.2. The van der Waals surface area contributed by atoms with Gasteiger partial charge in [-0.2, -0.15) is 0 Å². The third-order valence-corrected chi connectivity index (χ3v) is 451. The summed E-state index contributed by atoms with van der Waals surface area (Å²) in [4.78, 5) is 0. The molecule has 0 aliphatic rings. The van der Waals surface area contributed by atoms with E-state index < -0.39 is 87.2 Å². The number of rotatable bonds is 12. The molecule has 0 amide bonds. The summed E-state index contributed by atoms with van der Waals surface area (Å²) in [5, 5.41) is 0. The van der Waals surface area contributed by atoms with Crippen LogP contribution in [-0.2, 0) is 0 Å². The molecule has 0 aromatic carbocycles. The maximum atomic E-state index is 3.05. The van der Waals surface area contributed by atoms with E-state index in [1.165, 1.54) is 0 Å². The zero-order valence-corrected chi connectivity index (χ0v) is 54.4. The molecule has 4 rings (SSSR count). The van der Waals surface area contributed by atoms with Gasteiger partial charge in [0.05, 0.1) is 18.9 Å². The number of hydrogen-bond donors (Lipinski definition) is 0.